The number of aromatic nitrogens is 1. The van der Waals surface area contributed by atoms with Gasteiger partial charge in [-0.15, -0.1) is 0 Å². The first-order chi connectivity index (χ1) is 29.0. The minimum atomic E-state index is -1.18. The van der Waals surface area contributed by atoms with Gasteiger partial charge >= 0.3 is 13.6 Å². The summed E-state index contributed by atoms with van der Waals surface area (Å²) in [5, 5.41) is 10.4. The Bertz CT molecular complexity index is 2270. The van der Waals surface area contributed by atoms with Crippen molar-refractivity contribution in [2.45, 2.75) is 96.2 Å². The Balaban J connectivity index is 1.29. The largest absolute Gasteiger partial charge is 0.508 e. The van der Waals surface area contributed by atoms with E-state index in [1.54, 1.807) is 68.5 Å². The molecule has 0 saturated carbocycles. The van der Waals surface area contributed by atoms with E-state index in [0.29, 0.717) is 22.6 Å². The van der Waals surface area contributed by atoms with Gasteiger partial charge in [0.1, 0.15) is 42.1 Å². The van der Waals surface area contributed by atoms with E-state index in [-0.39, 0.29) is 31.0 Å². The van der Waals surface area contributed by atoms with Crippen molar-refractivity contribution in [2.75, 3.05) is 20.8 Å². The molecule has 1 aromatic heterocycles. The van der Waals surface area contributed by atoms with Gasteiger partial charge in [-0.25, -0.2) is 4.79 Å². The maximum atomic E-state index is 13.5. The number of allylic oxidation sites excluding steroid dienone is 2. The quantitative estimate of drug-likeness (QED) is 0.0938. The molecule has 13 heteroatoms. The number of methoxy groups -OCH3 is 2. The number of ether oxygens (including phenoxy) is 6. The van der Waals surface area contributed by atoms with Crippen LogP contribution in [0.15, 0.2) is 125 Å². The third kappa shape index (κ3) is 10.5. The summed E-state index contributed by atoms with van der Waals surface area (Å²) in [4.78, 5) is 39.3. The van der Waals surface area contributed by atoms with Gasteiger partial charge in [0.05, 0.1) is 32.0 Å². The van der Waals surface area contributed by atoms with Crippen LogP contribution >= 0.6 is 0 Å². The SMILES string of the molecule is COc1ccc(C(OC[C@H]2OC(n3cc(C)c(=O)ccc3=O)C[C@@H]2OC(=O)OCc2ccc([B]OC(C)(C)C(C)(C)O)cc2)(C2=CC(C)CC=C2)c2ccc(OC)cc2)cc1. The minimum absolute atomic E-state index is 0.0733. The van der Waals surface area contributed by atoms with Crippen LogP contribution < -0.4 is 25.9 Å². The van der Waals surface area contributed by atoms with Gasteiger partial charge in [0.2, 0.25) is 0 Å². The molecule has 2 unspecified atom stereocenters. The van der Waals surface area contributed by atoms with Crippen molar-refractivity contribution in [2.24, 2.45) is 5.92 Å². The lowest BCUT2D eigenvalue weighted by atomic mass is 9.76. The van der Waals surface area contributed by atoms with E-state index in [4.69, 9.17) is 33.1 Å². The fourth-order valence-corrected chi connectivity index (χ4v) is 7.11. The summed E-state index contributed by atoms with van der Waals surface area (Å²) in [7, 11) is 4.80. The highest BCUT2D eigenvalue weighted by atomic mass is 16.7. The molecular weight excluding hydrogens is 777 g/mol. The predicted octanol–water partition coefficient (Wildman–Crippen LogP) is 6.84. The Morgan fingerprint density at radius 1 is 0.885 bits per heavy atom. The number of hydrogen-bond donors (Lipinski definition) is 1. The highest BCUT2D eigenvalue weighted by Crippen LogP contribution is 2.45. The molecule has 1 aliphatic carbocycles. The van der Waals surface area contributed by atoms with E-state index in [1.165, 1.54) is 22.9 Å². The van der Waals surface area contributed by atoms with Gasteiger partial charge in [-0.3, -0.25) is 14.2 Å². The monoisotopic (exact) mass is 832 g/mol. The number of aryl methyl sites for hydroxylation is 1. The zero-order valence-corrected chi connectivity index (χ0v) is 36.1. The van der Waals surface area contributed by atoms with Crippen molar-refractivity contribution in [1.29, 1.82) is 0 Å². The number of carbonyl (C=O) groups is 1. The maximum Gasteiger partial charge on any atom is 0.508 e. The molecule has 4 aromatic rings. The topological polar surface area (TPSA) is 141 Å². The van der Waals surface area contributed by atoms with Crippen LogP contribution in [0.1, 0.15) is 75.9 Å². The first-order valence-corrected chi connectivity index (χ1v) is 20.4. The molecule has 2 aliphatic rings. The number of hydrogen-bond acceptors (Lipinski definition) is 11. The van der Waals surface area contributed by atoms with Crippen molar-refractivity contribution in [3.8, 4) is 11.5 Å². The van der Waals surface area contributed by atoms with Crippen LogP contribution in [0, 0.1) is 12.8 Å². The lowest BCUT2D eigenvalue weighted by molar-refractivity contribution is -0.100. The minimum Gasteiger partial charge on any atom is -0.497 e. The Hall–Kier alpha value is -5.47. The zero-order chi connectivity index (χ0) is 44.0. The van der Waals surface area contributed by atoms with Crippen molar-refractivity contribution in [3.05, 3.63) is 158 Å². The van der Waals surface area contributed by atoms with E-state index in [2.05, 4.69) is 25.2 Å². The lowest BCUT2D eigenvalue weighted by Crippen LogP contribution is -2.49. The lowest BCUT2D eigenvalue weighted by Gasteiger charge is -2.39. The van der Waals surface area contributed by atoms with Crippen molar-refractivity contribution < 1.29 is 43.0 Å². The molecule has 0 spiro atoms. The van der Waals surface area contributed by atoms with Crippen LogP contribution in [0.5, 0.6) is 11.5 Å². The maximum absolute atomic E-state index is 13.5. The third-order valence-electron chi connectivity index (χ3n) is 11.5. The van der Waals surface area contributed by atoms with Crippen LogP contribution in [0.3, 0.4) is 0 Å². The molecule has 1 radical (unpaired) electrons. The average molecular weight is 833 g/mol. The van der Waals surface area contributed by atoms with Gasteiger partial charge in [-0.2, -0.15) is 0 Å². The van der Waals surface area contributed by atoms with E-state index in [9.17, 15) is 19.5 Å². The summed E-state index contributed by atoms with van der Waals surface area (Å²) in [6.45, 7) is 10.6. The van der Waals surface area contributed by atoms with E-state index in [0.717, 1.165) is 28.6 Å². The zero-order valence-electron chi connectivity index (χ0n) is 36.1. The van der Waals surface area contributed by atoms with Crippen molar-refractivity contribution >= 4 is 19.1 Å². The van der Waals surface area contributed by atoms with Gasteiger partial charge in [0.25, 0.3) is 5.56 Å². The van der Waals surface area contributed by atoms with Gasteiger partial charge in [-0.1, -0.05) is 79.1 Å². The second-order valence-electron chi connectivity index (χ2n) is 16.5. The first-order valence-electron chi connectivity index (χ1n) is 20.4. The summed E-state index contributed by atoms with van der Waals surface area (Å²) >= 11 is 0. The van der Waals surface area contributed by atoms with Gasteiger partial charge < -0.3 is 38.2 Å². The summed E-state index contributed by atoms with van der Waals surface area (Å²) in [6, 6.07) is 25.0. The predicted molar refractivity (Wildman–Crippen MR) is 232 cm³/mol. The second-order valence-corrected chi connectivity index (χ2v) is 16.5. The van der Waals surface area contributed by atoms with Crippen LogP contribution in [0.25, 0.3) is 0 Å². The smallest absolute Gasteiger partial charge is 0.497 e. The molecule has 0 bridgehead atoms. The molecule has 1 saturated heterocycles. The molecule has 2 heterocycles. The number of carbonyl (C=O) groups excluding carboxylic acids is 1. The molecule has 4 atom stereocenters. The summed E-state index contributed by atoms with van der Waals surface area (Å²) in [5.74, 6) is 1.57. The van der Waals surface area contributed by atoms with Crippen LogP contribution in [-0.4, -0.2) is 67.5 Å². The first kappa shape index (κ1) is 45.1. The number of benzene rings is 3. The van der Waals surface area contributed by atoms with E-state index in [1.807, 2.05) is 60.7 Å². The van der Waals surface area contributed by atoms with Crippen LogP contribution in [0.4, 0.5) is 4.79 Å². The van der Waals surface area contributed by atoms with Crippen molar-refractivity contribution in [1.82, 2.24) is 4.57 Å². The highest BCUT2D eigenvalue weighted by molar-refractivity contribution is 6.47. The molecule has 321 valence electrons. The van der Waals surface area contributed by atoms with Crippen LogP contribution in [-0.2, 0) is 35.8 Å². The molecule has 1 N–H and O–H groups in total. The second kappa shape index (κ2) is 19.1. The van der Waals surface area contributed by atoms with Gasteiger partial charge in [0.15, 0.2) is 5.43 Å². The molecule has 1 aliphatic heterocycles. The average Bonchev–Trinajstić information content (AvgIpc) is 3.59. The van der Waals surface area contributed by atoms with Gasteiger partial charge in [0, 0.05) is 24.2 Å². The highest BCUT2D eigenvalue weighted by Gasteiger charge is 2.45. The molecule has 0 amide bonds. The molecule has 12 nitrogen and oxygen atoms in total. The number of aliphatic hydroxyl groups is 1. The molecular formula is C48H55BNO11. The van der Waals surface area contributed by atoms with Crippen molar-refractivity contribution in [3.63, 3.8) is 0 Å². The third-order valence-corrected chi connectivity index (χ3v) is 11.5. The molecule has 3 aromatic carbocycles. The summed E-state index contributed by atoms with van der Waals surface area (Å²) < 4.78 is 43.6. The van der Waals surface area contributed by atoms with Gasteiger partial charge in [-0.05, 0) is 99.6 Å². The fourth-order valence-electron chi connectivity index (χ4n) is 7.11. The summed E-state index contributed by atoms with van der Waals surface area (Å²) in [6.07, 6.45) is 5.15. The number of nitrogens with zero attached hydrogens (tertiary/aromatic N) is 1. The Labute approximate surface area is 358 Å². The standard InChI is InChI=1S/C48H55BNO11/c1-31-10-9-11-36(26-31)48(34-14-20-38(55-7)21-15-34,35-16-22-39(56-8)23-17-35)58-30-42-41(27-44(59-42)50-28-32(2)40(51)24-25-43(50)52)60-45(53)57-29-33-12-18-37(19-13-33)49-61-47(5,6)46(3,4)54/h9,11-26,28,31,41-42,44,54H,10,27,29-30H2,1-8H3/t31?,41-,42+,44?/m0/s1. The Morgan fingerprint density at radius 3 is 2.08 bits per heavy atom. The Kier molecular flexibility index (Phi) is 14.1. The Morgan fingerprint density at radius 2 is 1.51 bits per heavy atom. The van der Waals surface area contributed by atoms with E-state index >= 15 is 0 Å². The fraction of sp³-hybridized carbons (Fsp3) is 0.396. The molecule has 61 heavy (non-hydrogen) atoms. The van der Waals surface area contributed by atoms with E-state index < -0.39 is 47.0 Å². The summed E-state index contributed by atoms with van der Waals surface area (Å²) in [5.41, 5.74) is 0.513. The van der Waals surface area contributed by atoms with Crippen LogP contribution in [0.2, 0.25) is 0 Å². The molecule has 1 fully saturated rings. The number of rotatable bonds is 16. The molecule has 6 rings (SSSR count). The normalized spacial score (nSPS) is 19.2.